The van der Waals surface area contributed by atoms with Crippen LogP contribution < -0.4 is 5.32 Å². The van der Waals surface area contributed by atoms with Crippen LogP contribution >= 0.6 is 23.1 Å². The molecule has 2 heterocycles. The van der Waals surface area contributed by atoms with E-state index in [4.69, 9.17) is 0 Å². The first-order valence-electron chi connectivity index (χ1n) is 8.76. The highest BCUT2D eigenvalue weighted by atomic mass is 32.2. The topological polar surface area (TPSA) is 54.9 Å². The first-order chi connectivity index (χ1) is 13.8. The van der Waals surface area contributed by atoms with E-state index in [2.05, 4.69) is 15.3 Å². The lowest BCUT2D eigenvalue weighted by Gasteiger charge is -2.11. The molecule has 1 N–H and O–H groups in total. The van der Waals surface area contributed by atoms with Crippen LogP contribution in [0.1, 0.15) is 22.6 Å². The Morgan fingerprint density at radius 2 is 1.93 bits per heavy atom. The van der Waals surface area contributed by atoms with Gasteiger partial charge in [0.05, 0.1) is 12.2 Å². The first-order valence-corrected chi connectivity index (χ1v) is 10.6. The summed E-state index contributed by atoms with van der Waals surface area (Å²) in [6, 6.07) is 11.9. The number of hydrogen-bond donors (Lipinski definition) is 1. The Morgan fingerprint density at radius 3 is 2.59 bits per heavy atom. The van der Waals surface area contributed by atoms with Gasteiger partial charge in [-0.2, -0.15) is 13.2 Å². The summed E-state index contributed by atoms with van der Waals surface area (Å²) in [5.74, 6) is 0.113. The number of carbonyl (C=O) groups excluding carboxylic acids is 1. The second-order valence-corrected chi connectivity index (χ2v) is 8.33. The molecule has 1 aromatic carbocycles. The third kappa shape index (κ3) is 6.30. The van der Waals surface area contributed by atoms with Gasteiger partial charge in [-0.25, -0.2) is 9.97 Å². The summed E-state index contributed by atoms with van der Waals surface area (Å²) in [4.78, 5) is 20.9. The molecule has 0 spiro atoms. The van der Waals surface area contributed by atoms with Crippen LogP contribution in [0, 0.1) is 6.92 Å². The number of alkyl halides is 3. The first kappa shape index (κ1) is 21.3. The lowest BCUT2D eigenvalue weighted by molar-refractivity contribution is -0.141. The molecule has 0 aliphatic rings. The Kier molecular flexibility index (Phi) is 6.92. The van der Waals surface area contributed by atoms with Crippen LogP contribution in [0.2, 0.25) is 0 Å². The molecule has 9 heteroatoms. The number of benzene rings is 1. The molecule has 0 aliphatic heterocycles. The van der Waals surface area contributed by atoms with Gasteiger partial charge in [-0.15, -0.1) is 11.3 Å². The molecular weight excluding hydrogens is 419 g/mol. The fraction of sp³-hybridized carbons (Fsp3) is 0.250. The zero-order valence-electron chi connectivity index (χ0n) is 15.5. The number of amides is 1. The summed E-state index contributed by atoms with van der Waals surface area (Å²) in [6.45, 7) is 2.34. The Balaban J connectivity index is 1.66. The SMILES string of the molecule is Cc1ccc(-c2cc(C(F)(F)F)nc(SCCC(=O)NCc3cccs3)n2)cc1. The van der Waals surface area contributed by atoms with Crippen molar-refractivity contribution in [2.45, 2.75) is 31.2 Å². The van der Waals surface area contributed by atoms with Gasteiger partial charge < -0.3 is 5.32 Å². The third-order valence-corrected chi connectivity index (χ3v) is 5.67. The summed E-state index contributed by atoms with van der Waals surface area (Å²) < 4.78 is 39.8. The quantitative estimate of drug-likeness (QED) is 0.401. The number of halogens is 3. The van der Waals surface area contributed by atoms with E-state index in [0.29, 0.717) is 12.1 Å². The van der Waals surface area contributed by atoms with Gasteiger partial charge in [0.1, 0.15) is 5.69 Å². The average Bonchev–Trinajstić information content (AvgIpc) is 3.20. The van der Waals surface area contributed by atoms with E-state index in [0.717, 1.165) is 28.3 Å². The molecular formula is C20H18F3N3OS2. The Morgan fingerprint density at radius 1 is 1.17 bits per heavy atom. The molecule has 0 aliphatic carbocycles. The van der Waals surface area contributed by atoms with Crippen molar-refractivity contribution in [2.75, 3.05) is 5.75 Å². The highest BCUT2D eigenvalue weighted by Gasteiger charge is 2.33. The Bertz CT molecular complexity index is 958. The molecule has 3 aromatic rings. The van der Waals surface area contributed by atoms with Crippen molar-refractivity contribution in [2.24, 2.45) is 0 Å². The predicted octanol–water partition coefficient (Wildman–Crippen LogP) is 5.33. The van der Waals surface area contributed by atoms with E-state index in [1.54, 1.807) is 23.5 Å². The minimum Gasteiger partial charge on any atom is -0.351 e. The van der Waals surface area contributed by atoms with Gasteiger partial charge in [0.2, 0.25) is 5.91 Å². The van der Waals surface area contributed by atoms with Gasteiger partial charge in [0.15, 0.2) is 5.16 Å². The fourth-order valence-electron chi connectivity index (χ4n) is 2.43. The van der Waals surface area contributed by atoms with Crippen molar-refractivity contribution in [3.8, 4) is 11.3 Å². The number of aromatic nitrogens is 2. The molecule has 0 bridgehead atoms. The predicted molar refractivity (Wildman–Crippen MR) is 109 cm³/mol. The summed E-state index contributed by atoms with van der Waals surface area (Å²) in [6.07, 6.45) is -4.41. The van der Waals surface area contributed by atoms with Gasteiger partial charge in [-0.3, -0.25) is 4.79 Å². The van der Waals surface area contributed by atoms with Gasteiger partial charge in [-0.1, -0.05) is 47.7 Å². The molecule has 0 saturated carbocycles. The van der Waals surface area contributed by atoms with Crippen LogP contribution in [-0.4, -0.2) is 21.6 Å². The zero-order chi connectivity index (χ0) is 20.9. The van der Waals surface area contributed by atoms with E-state index >= 15 is 0 Å². The molecule has 0 saturated heterocycles. The summed E-state index contributed by atoms with van der Waals surface area (Å²) in [5.41, 5.74) is 0.797. The minimum absolute atomic E-state index is 0.00135. The number of thioether (sulfide) groups is 1. The molecule has 2 aromatic heterocycles. The van der Waals surface area contributed by atoms with Crippen molar-refractivity contribution in [1.82, 2.24) is 15.3 Å². The monoisotopic (exact) mass is 437 g/mol. The molecule has 0 unspecified atom stereocenters. The van der Waals surface area contributed by atoms with Crippen LogP contribution in [0.3, 0.4) is 0 Å². The third-order valence-electron chi connectivity index (χ3n) is 3.94. The largest absolute Gasteiger partial charge is 0.433 e. The number of thiophene rings is 1. The van der Waals surface area contributed by atoms with Crippen LogP contribution in [-0.2, 0) is 17.5 Å². The van der Waals surface area contributed by atoms with E-state index < -0.39 is 11.9 Å². The highest BCUT2D eigenvalue weighted by molar-refractivity contribution is 7.99. The van der Waals surface area contributed by atoms with E-state index in [1.807, 2.05) is 36.6 Å². The van der Waals surface area contributed by atoms with Crippen molar-refractivity contribution < 1.29 is 18.0 Å². The van der Waals surface area contributed by atoms with Crippen LogP contribution in [0.4, 0.5) is 13.2 Å². The molecule has 1 amide bonds. The molecule has 0 fully saturated rings. The Hall–Kier alpha value is -2.39. The average molecular weight is 438 g/mol. The van der Waals surface area contributed by atoms with E-state index in [9.17, 15) is 18.0 Å². The van der Waals surface area contributed by atoms with Crippen molar-refractivity contribution in [1.29, 1.82) is 0 Å². The second-order valence-electron chi connectivity index (χ2n) is 6.24. The molecule has 29 heavy (non-hydrogen) atoms. The smallest absolute Gasteiger partial charge is 0.351 e. The van der Waals surface area contributed by atoms with E-state index in [-0.39, 0.29) is 28.9 Å². The van der Waals surface area contributed by atoms with Gasteiger partial charge in [0, 0.05) is 22.6 Å². The summed E-state index contributed by atoms with van der Waals surface area (Å²) >= 11 is 2.58. The molecule has 0 atom stereocenters. The molecule has 0 radical (unpaired) electrons. The summed E-state index contributed by atoms with van der Waals surface area (Å²) in [7, 11) is 0. The maximum absolute atomic E-state index is 13.3. The van der Waals surface area contributed by atoms with Crippen LogP contribution in [0.5, 0.6) is 0 Å². The minimum atomic E-state index is -4.57. The van der Waals surface area contributed by atoms with Crippen molar-refractivity contribution in [3.63, 3.8) is 0 Å². The lowest BCUT2D eigenvalue weighted by atomic mass is 10.1. The highest BCUT2D eigenvalue weighted by Crippen LogP contribution is 2.32. The number of hydrogen-bond acceptors (Lipinski definition) is 5. The number of rotatable bonds is 7. The molecule has 4 nitrogen and oxygen atoms in total. The fourth-order valence-corrected chi connectivity index (χ4v) is 3.87. The van der Waals surface area contributed by atoms with Crippen molar-refractivity contribution in [3.05, 3.63) is 64.0 Å². The van der Waals surface area contributed by atoms with Gasteiger partial charge in [-0.05, 0) is 24.4 Å². The standard InChI is InChI=1S/C20H18F3N3OS2/c1-13-4-6-14(7-5-13)16-11-17(20(21,22)23)26-19(25-16)29-10-8-18(27)24-12-15-3-2-9-28-15/h2-7,9,11H,8,10,12H2,1H3,(H,24,27). The van der Waals surface area contributed by atoms with Gasteiger partial charge >= 0.3 is 6.18 Å². The number of nitrogens with one attached hydrogen (secondary N) is 1. The number of aryl methyl sites for hydroxylation is 1. The van der Waals surface area contributed by atoms with Crippen LogP contribution in [0.25, 0.3) is 11.3 Å². The number of carbonyl (C=O) groups is 1. The maximum atomic E-state index is 13.3. The lowest BCUT2D eigenvalue weighted by Crippen LogP contribution is -2.22. The second kappa shape index (κ2) is 9.41. The summed E-state index contributed by atoms with van der Waals surface area (Å²) in [5, 5.41) is 4.71. The number of nitrogens with zero attached hydrogens (tertiary/aromatic N) is 2. The zero-order valence-corrected chi connectivity index (χ0v) is 17.1. The Labute approximate surface area is 174 Å². The normalized spacial score (nSPS) is 11.4. The maximum Gasteiger partial charge on any atom is 0.433 e. The van der Waals surface area contributed by atoms with Crippen LogP contribution in [0.15, 0.2) is 53.0 Å². The molecule has 152 valence electrons. The van der Waals surface area contributed by atoms with Gasteiger partial charge in [0.25, 0.3) is 0 Å². The van der Waals surface area contributed by atoms with E-state index in [1.165, 1.54) is 0 Å². The molecule has 3 rings (SSSR count). The van der Waals surface area contributed by atoms with Crippen molar-refractivity contribution >= 4 is 29.0 Å².